The molecule has 0 aliphatic heterocycles. The van der Waals surface area contributed by atoms with Crippen LogP contribution in [0.3, 0.4) is 0 Å². The number of terminal acetylenes is 1. The lowest BCUT2D eigenvalue weighted by Gasteiger charge is -2.02. The van der Waals surface area contributed by atoms with Gasteiger partial charge in [0.15, 0.2) is 5.82 Å². The molecule has 1 aromatic heterocycles. The largest absolute Gasteiger partial charge is 0.368 e. The normalized spacial score (nSPS) is 8.92. The standard InChI is InChI=1S/C7H8N4O/c1-2-5-12-11-6-3-4-9-7(8)10-6/h1,3-4H,5H2,(H3,8,9,10,11). The average molecular weight is 164 g/mol. The smallest absolute Gasteiger partial charge is 0.221 e. The molecule has 0 amide bonds. The maximum absolute atomic E-state index is 5.30. The lowest BCUT2D eigenvalue weighted by atomic mass is 10.6. The van der Waals surface area contributed by atoms with Gasteiger partial charge in [0.25, 0.3) is 0 Å². The highest BCUT2D eigenvalue weighted by Crippen LogP contribution is 2.01. The van der Waals surface area contributed by atoms with E-state index in [1.54, 1.807) is 6.07 Å². The number of anilines is 2. The van der Waals surface area contributed by atoms with Gasteiger partial charge in [-0.05, 0) is 0 Å². The Morgan fingerprint density at radius 3 is 3.25 bits per heavy atom. The summed E-state index contributed by atoms with van der Waals surface area (Å²) in [6.45, 7) is 0.171. The van der Waals surface area contributed by atoms with Gasteiger partial charge in [-0.2, -0.15) is 4.98 Å². The summed E-state index contributed by atoms with van der Waals surface area (Å²) in [5.41, 5.74) is 7.82. The van der Waals surface area contributed by atoms with Gasteiger partial charge >= 0.3 is 0 Å². The topological polar surface area (TPSA) is 73.1 Å². The summed E-state index contributed by atoms with van der Waals surface area (Å²) < 4.78 is 0. The van der Waals surface area contributed by atoms with Crippen molar-refractivity contribution in [2.24, 2.45) is 0 Å². The number of aromatic nitrogens is 2. The Kier molecular flexibility index (Phi) is 2.87. The van der Waals surface area contributed by atoms with E-state index in [2.05, 4.69) is 21.4 Å². The van der Waals surface area contributed by atoms with Crippen LogP contribution in [0.1, 0.15) is 0 Å². The first-order valence-corrected chi connectivity index (χ1v) is 3.22. The minimum Gasteiger partial charge on any atom is -0.368 e. The molecule has 1 aromatic rings. The molecule has 0 atom stereocenters. The van der Waals surface area contributed by atoms with Crippen LogP contribution >= 0.6 is 0 Å². The van der Waals surface area contributed by atoms with Gasteiger partial charge in [0.05, 0.1) is 0 Å². The van der Waals surface area contributed by atoms with E-state index >= 15 is 0 Å². The number of nitrogen functional groups attached to an aromatic ring is 1. The van der Waals surface area contributed by atoms with Crippen LogP contribution in [0.25, 0.3) is 0 Å². The quantitative estimate of drug-likeness (QED) is 0.374. The van der Waals surface area contributed by atoms with Crippen LogP contribution in [-0.2, 0) is 4.84 Å². The molecule has 0 spiro atoms. The van der Waals surface area contributed by atoms with Gasteiger partial charge in [-0.1, -0.05) is 5.92 Å². The second-order valence-corrected chi connectivity index (χ2v) is 1.89. The van der Waals surface area contributed by atoms with Crippen LogP contribution in [0.5, 0.6) is 0 Å². The number of rotatable bonds is 3. The SMILES string of the molecule is C#CCONc1ccnc(N)n1. The summed E-state index contributed by atoms with van der Waals surface area (Å²) in [5.74, 6) is 2.96. The van der Waals surface area contributed by atoms with Crippen LogP contribution in [0, 0.1) is 12.3 Å². The summed E-state index contributed by atoms with van der Waals surface area (Å²) in [5, 5.41) is 0. The van der Waals surface area contributed by atoms with E-state index in [0.29, 0.717) is 5.82 Å². The Morgan fingerprint density at radius 1 is 1.75 bits per heavy atom. The number of nitrogens with zero attached hydrogens (tertiary/aromatic N) is 2. The number of nitrogens with one attached hydrogen (secondary N) is 1. The van der Waals surface area contributed by atoms with Crippen LogP contribution < -0.4 is 11.2 Å². The fourth-order valence-corrected chi connectivity index (χ4v) is 0.582. The summed E-state index contributed by atoms with van der Waals surface area (Å²) >= 11 is 0. The number of hydrogen-bond donors (Lipinski definition) is 2. The van der Waals surface area contributed by atoms with Gasteiger partial charge in [0.1, 0.15) is 6.61 Å². The van der Waals surface area contributed by atoms with Crippen molar-refractivity contribution in [3.63, 3.8) is 0 Å². The Labute approximate surface area is 69.9 Å². The average Bonchev–Trinajstić information content (AvgIpc) is 2.05. The zero-order valence-electron chi connectivity index (χ0n) is 6.32. The number of hydrogen-bond acceptors (Lipinski definition) is 5. The van der Waals surface area contributed by atoms with Crippen LogP contribution in [-0.4, -0.2) is 16.6 Å². The highest BCUT2D eigenvalue weighted by molar-refractivity contribution is 5.34. The van der Waals surface area contributed by atoms with Crippen molar-refractivity contribution in [1.29, 1.82) is 0 Å². The van der Waals surface area contributed by atoms with E-state index in [1.807, 2.05) is 0 Å². The molecular formula is C7H8N4O. The van der Waals surface area contributed by atoms with Crippen molar-refractivity contribution < 1.29 is 4.84 Å². The molecule has 3 N–H and O–H groups in total. The van der Waals surface area contributed by atoms with Crippen molar-refractivity contribution >= 4 is 11.8 Å². The van der Waals surface area contributed by atoms with E-state index < -0.39 is 0 Å². The second kappa shape index (κ2) is 4.16. The molecule has 1 rings (SSSR count). The van der Waals surface area contributed by atoms with E-state index in [0.717, 1.165) is 0 Å². The molecule has 62 valence electrons. The molecular weight excluding hydrogens is 156 g/mol. The van der Waals surface area contributed by atoms with E-state index in [1.165, 1.54) is 6.20 Å². The van der Waals surface area contributed by atoms with E-state index in [4.69, 9.17) is 17.0 Å². The maximum Gasteiger partial charge on any atom is 0.221 e. The third-order valence-corrected chi connectivity index (χ3v) is 1.01. The van der Waals surface area contributed by atoms with Gasteiger partial charge < -0.3 is 5.73 Å². The molecule has 0 aromatic carbocycles. The first-order chi connectivity index (χ1) is 5.83. The van der Waals surface area contributed by atoms with Crippen LogP contribution in [0.15, 0.2) is 12.3 Å². The second-order valence-electron chi connectivity index (χ2n) is 1.89. The van der Waals surface area contributed by atoms with Crippen molar-refractivity contribution in [2.45, 2.75) is 0 Å². The summed E-state index contributed by atoms with van der Waals surface area (Å²) in [6.07, 6.45) is 6.47. The van der Waals surface area contributed by atoms with Crippen molar-refractivity contribution in [3.8, 4) is 12.3 Å². The molecule has 5 nitrogen and oxygen atoms in total. The molecule has 0 saturated carbocycles. The minimum absolute atomic E-state index is 0.171. The molecule has 0 bridgehead atoms. The van der Waals surface area contributed by atoms with Gasteiger partial charge in [-0.25, -0.2) is 10.5 Å². The minimum atomic E-state index is 0.171. The predicted octanol–water partition coefficient (Wildman–Crippen LogP) is 0.0355. The molecule has 12 heavy (non-hydrogen) atoms. The van der Waals surface area contributed by atoms with Gasteiger partial charge in [-0.3, -0.25) is 4.84 Å². The zero-order valence-corrected chi connectivity index (χ0v) is 6.32. The predicted molar refractivity (Wildman–Crippen MR) is 44.9 cm³/mol. The molecule has 0 aliphatic rings. The Morgan fingerprint density at radius 2 is 2.58 bits per heavy atom. The molecule has 0 radical (unpaired) electrons. The summed E-state index contributed by atoms with van der Waals surface area (Å²) in [6, 6.07) is 1.62. The molecule has 5 heteroatoms. The molecule has 1 heterocycles. The Bertz CT molecular complexity index is 294. The summed E-state index contributed by atoms with van der Waals surface area (Å²) in [7, 11) is 0. The zero-order chi connectivity index (χ0) is 8.81. The van der Waals surface area contributed by atoms with Crippen LogP contribution in [0.4, 0.5) is 11.8 Å². The van der Waals surface area contributed by atoms with Gasteiger partial charge in [0.2, 0.25) is 5.95 Å². The monoisotopic (exact) mass is 164 g/mol. The third-order valence-electron chi connectivity index (χ3n) is 1.01. The number of nitrogens with two attached hydrogens (primary N) is 1. The third kappa shape index (κ3) is 2.44. The van der Waals surface area contributed by atoms with Crippen molar-refractivity contribution in [3.05, 3.63) is 12.3 Å². The van der Waals surface area contributed by atoms with Crippen LogP contribution in [0.2, 0.25) is 0 Å². The van der Waals surface area contributed by atoms with E-state index in [-0.39, 0.29) is 12.6 Å². The first kappa shape index (κ1) is 8.30. The fourth-order valence-electron chi connectivity index (χ4n) is 0.582. The van der Waals surface area contributed by atoms with E-state index in [9.17, 15) is 0 Å². The lowest BCUT2D eigenvalue weighted by molar-refractivity contribution is 0.232. The molecule has 0 unspecified atom stereocenters. The van der Waals surface area contributed by atoms with Gasteiger partial charge in [0, 0.05) is 12.3 Å². The van der Waals surface area contributed by atoms with Gasteiger partial charge in [-0.15, -0.1) is 6.42 Å². The van der Waals surface area contributed by atoms with Crippen molar-refractivity contribution in [1.82, 2.24) is 9.97 Å². The summed E-state index contributed by atoms with van der Waals surface area (Å²) in [4.78, 5) is 12.3. The Hall–Kier alpha value is -1.80. The molecule has 0 saturated heterocycles. The highest BCUT2D eigenvalue weighted by Gasteiger charge is 1.92. The highest BCUT2D eigenvalue weighted by atomic mass is 16.6. The fraction of sp³-hybridized carbons (Fsp3) is 0.143. The lowest BCUT2D eigenvalue weighted by Crippen LogP contribution is -2.04. The first-order valence-electron chi connectivity index (χ1n) is 3.22. The Balaban J connectivity index is 2.48. The maximum atomic E-state index is 5.30. The molecule has 0 fully saturated rings. The molecule has 0 aliphatic carbocycles. The van der Waals surface area contributed by atoms with Crippen molar-refractivity contribution in [2.75, 3.05) is 17.8 Å².